The second-order valence-corrected chi connectivity index (χ2v) is 6.23. The van der Waals surface area contributed by atoms with E-state index in [1.165, 1.54) is 32.1 Å². The van der Waals surface area contributed by atoms with Crippen LogP contribution in [0.2, 0.25) is 0 Å². The minimum absolute atomic E-state index is 0.166. The molecule has 114 valence electrons. The summed E-state index contributed by atoms with van der Waals surface area (Å²) in [5, 5.41) is 12.1. The van der Waals surface area contributed by atoms with Crippen LogP contribution < -0.4 is 0 Å². The molecule has 0 spiro atoms. The SMILES string of the molecule is O=C(/C=C/c1c(O)ccc2ccccc12)CC1CCCCC1. The van der Waals surface area contributed by atoms with Gasteiger partial charge < -0.3 is 5.11 Å². The minimum Gasteiger partial charge on any atom is -0.507 e. The first-order valence-electron chi connectivity index (χ1n) is 8.15. The number of hydrogen-bond acceptors (Lipinski definition) is 2. The molecule has 0 saturated heterocycles. The molecule has 0 heterocycles. The standard InChI is InChI=1S/C20H22O2/c21-17(14-15-6-2-1-3-7-15)11-12-19-18-9-5-4-8-16(18)10-13-20(19)22/h4-5,8-13,15,22H,1-3,6-7,14H2/b12-11+. The summed E-state index contributed by atoms with van der Waals surface area (Å²) >= 11 is 0. The number of allylic oxidation sites excluding steroid dienone is 1. The quantitative estimate of drug-likeness (QED) is 0.797. The molecule has 3 rings (SSSR count). The van der Waals surface area contributed by atoms with E-state index in [4.69, 9.17) is 0 Å². The number of carbonyl (C=O) groups excluding carboxylic acids is 1. The smallest absolute Gasteiger partial charge is 0.155 e. The lowest BCUT2D eigenvalue weighted by Gasteiger charge is -2.19. The largest absolute Gasteiger partial charge is 0.507 e. The monoisotopic (exact) mass is 294 g/mol. The fraction of sp³-hybridized carbons (Fsp3) is 0.350. The van der Waals surface area contributed by atoms with Crippen LogP contribution in [0.3, 0.4) is 0 Å². The molecule has 0 amide bonds. The first-order chi connectivity index (χ1) is 10.7. The average molecular weight is 294 g/mol. The summed E-state index contributed by atoms with van der Waals surface area (Å²) in [5.41, 5.74) is 0.732. The predicted octanol–water partition coefficient (Wildman–Crippen LogP) is 5.10. The average Bonchev–Trinajstić information content (AvgIpc) is 2.55. The number of rotatable bonds is 4. The highest BCUT2D eigenvalue weighted by atomic mass is 16.3. The van der Waals surface area contributed by atoms with Crippen molar-refractivity contribution in [1.82, 2.24) is 0 Å². The van der Waals surface area contributed by atoms with Crippen molar-refractivity contribution in [2.75, 3.05) is 0 Å². The lowest BCUT2D eigenvalue weighted by Crippen LogP contribution is -2.10. The van der Waals surface area contributed by atoms with Crippen LogP contribution in [0.5, 0.6) is 5.75 Å². The molecule has 0 aromatic heterocycles. The first-order valence-corrected chi connectivity index (χ1v) is 8.15. The van der Waals surface area contributed by atoms with Crippen molar-refractivity contribution in [2.24, 2.45) is 5.92 Å². The predicted molar refractivity (Wildman–Crippen MR) is 90.8 cm³/mol. The number of ketones is 1. The van der Waals surface area contributed by atoms with E-state index in [1.807, 2.05) is 30.3 Å². The van der Waals surface area contributed by atoms with Crippen LogP contribution in [-0.4, -0.2) is 10.9 Å². The highest BCUT2D eigenvalue weighted by molar-refractivity contribution is 5.99. The molecule has 0 atom stereocenters. The number of phenols is 1. The van der Waals surface area contributed by atoms with Gasteiger partial charge in [0.1, 0.15) is 5.75 Å². The Morgan fingerprint density at radius 2 is 1.86 bits per heavy atom. The number of hydrogen-bond donors (Lipinski definition) is 1. The maximum Gasteiger partial charge on any atom is 0.155 e. The number of benzene rings is 2. The van der Waals surface area contributed by atoms with Crippen LogP contribution >= 0.6 is 0 Å². The first kappa shape index (κ1) is 14.8. The van der Waals surface area contributed by atoms with Crippen molar-refractivity contribution in [3.63, 3.8) is 0 Å². The van der Waals surface area contributed by atoms with E-state index in [1.54, 1.807) is 18.2 Å². The number of aromatic hydroxyl groups is 1. The van der Waals surface area contributed by atoms with Gasteiger partial charge in [0.15, 0.2) is 5.78 Å². The summed E-state index contributed by atoms with van der Waals surface area (Å²) in [6.45, 7) is 0. The van der Waals surface area contributed by atoms with Crippen LogP contribution in [0.4, 0.5) is 0 Å². The van der Waals surface area contributed by atoms with Gasteiger partial charge in [-0.05, 0) is 34.9 Å². The fourth-order valence-corrected chi connectivity index (χ4v) is 3.38. The van der Waals surface area contributed by atoms with Crippen LogP contribution in [0.1, 0.15) is 44.1 Å². The fourth-order valence-electron chi connectivity index (χ4n) is 3.38. The highest BCUT2D eigenvalue weighted by Crippen LogP contribution is 2.29. The zero-order valence-electron chi connectivity index (χ0n) is 12.8. The Hall–Kier alpha value is -2.09. The van der Waals surface area contributed by atoms with E-state index in [-0.39, 0.29) is 11.5 Å². The summed E-state index contributed by atoms with van der Waals surface area (Å²) in [6.07, 6.45) is 10.2. The summed E-state index contributed by atoms with van der Waals surface area (Å²) in [7, 11) is 0. The minimum atomic E-state index is 0.166. The van der Waals surface area contributed by atoms with E-state index in [2.05, 4.69) is 0 Å². The number of fused-ring (bicyclic) bond motifs is 1. The van der Waals surface area contributed by atoms with E-state index < -0.39 is 0 Å². The molecule has 0 radical (unpaired) electrons. The Bertz CT molecular complexity index is 694. The Kier molecular flexibility index (Phi) is 4.57. The van der Waals surface area contributed by atoms with E-state index in [9.17, 15) is 9.90 Å². The van der Waals surface area contributed by atoms with Gasteiger partial charge in [-0.2, -0.15) is 0 Å². The van der Waals surface area contributed by atoms with E-state index >= 15 is 0 Å². The van der Waals surface area contributed by atoms with E-state index in [0.29, 0.717) is 12.3 Å². The van der Waals surface area contributed by atoms with Crippen LogP contribution in [0, 0.1) is 5.92 Å². The van der Waals surface area contributed by atoms with Crippen molar-refractivity contribution in [3.8, 4) is 5.75 Å². The second-order valence-electron chi connectivity index (χ2n) is 6.23. The molecule has 1 saturated carbocycles. The van der Waals surface area contributed by atoms with Gasteiger partial charge in [-0.1, -0.05) is 62.4 Å². The maximum absolute atomic E-state index is 12.2. The molecule has 0 unspecified atom stereocenters. The van der Waals surface area contributed by atoms with Gasteiger partial charge in [0.2, 0.25) is 0 Å². The molecule has 1 N–H and O–H groups in total. The Morgan fingerprint density at radius 1 is 1.09 bits per heavy atom. The Labute approximate surface area is 131 Å². The molecule has 2 heteroatoms. The van der Waals surface area contributed by atoms with Crippen molar-refractivity contribution < 1.29 is 9.90 Å². The summed E-state index contributed by atoms with van der Waals surface area (Å²) < 4.78 is 0. The van der Waals surface area contributed by atoms with E-state index in [0.717, 1.165) is 16.3 Å². The zero-order chi connectivity index (χ0) is 15.4. The normalized spacial score (nSPS) is 16.4. The lowest BCUT2D eigenvalue weighted by molar-refractivity contribution is -0.115. The molecule has 2 nitrogen and oxygen atoms in total. The highest BCUT2D eigenvalue weighted by Gasteiger charge is 2.15. The van der Waals surface area contributed by atoms with Gasteiger partial charge in [0.05, 0.1) is 0 Å². The van der Waals surface area contributed by atoms with Crippen LogP contribution in [-0.2, 0) is 4.79 Å². The Balaban J connectivity index is 1.77. The van der Waals surface area contributed by atoms with Gasteiger partial charge in [-0.25, -0.2) is 0 Å². The lowest BCUT2D eigenvalue weighted by atomic mass is 9.86. The number of carbonyl (C=O) groups is 1. The van der Waals surface area contributed by atoms with Gasteiger partial charge in [-0.3, -0.25) is 4.79 Å². The molecule has 0 aliphatic heterocycles. The van der Waals surface area contributed by atoms with Gasteiger partial charge in [0.25, 0.3) is 0 Å². The molecule has 2 aromatic carbocycles. The van der Waals surface area contributed by atoms with Gasteiger partial charge >= 0.3 is 0 Å². The van der Waals surface area contributed by atoms with Crippen LogP contribution in [0.25, 0.3) is 16.8 Å². The maximum atomic E-state index is 12.2. The molecule has 2 aromatic rings. The van der Waals surface area contributed by atoms with Gasteiger partial charge in [0, 0.05) is 12.0 Å². The molecule has 1 aliphatic rings. The van der Waals surface area contributed by atoms with Crippen molar-refractivity contribution in [1.29, 1.82) is 0 Å². The van der Waals surface area contributed by atoms with Crippen LogP contribution in [0.15, 0.2) is 42.5 Å². The third kappa shape index (κ3) is 3.38. The molecule has 0 bridgehead atoms. The topological polar surface area (TPSA) is 37.3 Å². The number of phenolic OH excluding ortho intramolecular Hbond substituents is 1. The summed E-state index contributed by atoms with van der Waals surface area (Å²) in [5.74, 6) is 0.937. The van der Waals surface area contributed by atoms with Crippen molar-refractivity contribution in [2.45, 2.75) is 38.5 Å². The zero-order valence-corrected chi connectivity index (χ0v) is 12.8. The second kappa shape index (κ2) is 6.78. The molecular formula is C20H22O2. The van der Waals surface area contributed by atoms with Crippen molar-refractivity contribution >= 4 is 22.6 Å². The molecular weight excluding hydrogens is 272 g/mol. The van der Waals surface area contributed by atoms with Gasteiger partial charge in [-0.15, -0.1) is 0 Å². The summed E-state index contributed by atoms with van der Waals surface area (Å²) in [4.78, 5) is 12.2. The van der Waals surface area contributed by atoms with Crippen molar-refractivity contribution in [3.05, 3.63) is 48.0 Å². The summed E-state index contributed by atoms with van der Waals surface area (Å²) in [6, 6.07) is 11.5. The Morgan fingerprint density at radius 3 is 2.68 bits per heavy atom. The molecule has 1 aliphatic carbocycles. The third-order valence-corrected chi connectivity index (χ3v) is 4.60. The molecule has 22 heavy (non-hydrogen) atoms. The molecule has 1 fully saturated rings. The third-order valence-electron chi connectivity index (χ3n) is 4.60.